The topological polar surface area (TPSA) is 59.2 Å². The van der Waals surface area contributed by atoms with Crippen LogP contribution in [0, 0.1) is 6.92 Å². The normalized spacial score (nSPS) is 17.0. The summed E-state index contributed by atoms with van der Waals surface area (Å²) in [7, 11) is 0. The number of carbonyl (C=O) groups excluding carboxylic acids is 1. The van der Waals surface area contributed by atoms with E-state index in [-0.39, 0.29) is 17.9 Å². The second-order valence-corrected chi connectivity index (χ2v) is 6.62. The van der Waals surface area contributed by atoms with Crippen LogP contribution < -0.4 is 0 Å². The first-order valence-electron chi connectivity index (χ1n) is 8.94. The predicted molar refractivity (Wildman–Crippen MR) is 97.5 cm³/mol. The molecule has 5 heteroatoms. The minimum atomic E-state index is -0.331. The Balaban J connectivity index is 1.70. The van der Waals surface area contributed by atoms with Crippen LogP contribution in [0.3, 0.4) is 0 Å². The molecule has 1 aromatic heterocycles. The standard InChI is InChI=1S/C21H21N3O2/c1-15-22-20(26-23-15)18-13-8-14-24(18)21(25)19(16-9-4-2-5-10-16)17-11-6-3-7-12-17/h2-7,9-12,18-19H,8,13-14H2,1H3. The lowest BCUT2D eigenvalue weighted by molar-refractivity contribution is -0.133. The van der Waals surface area contributed by atoms with E-state index in [4.69, 9.17) is 4.52 Å². The fourth-order valence-electron chi connectivity index (χ4n) is 3.67. The Kier molecular flexibility index (Phi) is 4.52. The molecule has 0 saturated carbocycles. The molecule has 3 aromatic rings. The number of amides is 1. The SMILES string of the molecule is Cc1noc(C2CCCN2C(=O)C(c2ccccc2)c2ccccc2)n1. The van der Waals surface area contributed by atoms with Crippen molar-refractivity contribution in [3.8, 4) is 0 Å². The van der Waals surface area contributed by atoms with Crippen molar-refractivity contribution in [2.75, 3.05) is 6.54 Å². The molecule has 132 valence electrons. The molecule has 0 aliphatic carbocycles. The maximum absolute atomic E-state index is 13.6. The zero-order valence-corrected chi connectivity index (χ0v) is 14.7. The third-order valence-corrected chi connectivity index (χ3v) is 4.88. The summed E-state index contributed by atoms with van der Waals surface area (Å²) in [6.07, 6.45) is 1.79. The molecule has 4 rings (SSSR count). The fraction of sp³-hybridized carbons (Fsp3) is 0.286. The first-order chi connectivity index (χ1) is 12.7. The highest BCUT2D eigenvalue weighted by Crippen LogP contribution is 2.36. The Morgan fingerprint density at radius 3 is 2.23 bits per heavy atom. The number of aryl methyl sites for hydroxylation is 1. The quantitative estimate of drug-likeness (QED) is 0.719. The van der Waals surface area contributed by atoms with Crippen LogP contribution in [-0.2, 0) is 4.79 Å². The summed E-state index contributed by atoms with van der Waals surface area (Å²) in [6.45, 7) is 2.51. The van der Waals surface area contributed by atoms with E-state index >= 15 is 0 Å². The van der Waals surface area contributed by atoms with Crippen LogP contribution in [0.15, 0.2) is 65.2 Å². The number of hydrogen-bond acceptors (Lipinski definition) is 4. The second kappa shape index (κ2) is 7.12. The largest absolute Gasteiger partial charge is 0.337 e. The summed E-state index contributed by atoms with van der Waals surface area (Å²) in [6, 6.07) is 19.7. The number of hydrogen-bond donors (Lipinski definition) is 0. The van der Waals surface area contributed by atoms with Gasteiger partial charge in [0.05, 0.1) is 5.92 Å². The summed E-state index contributed by atoms with van der Waals surface area (Å²) in [4.78, 5) is 19.8. The van der Waals surface area contributed by atoms with Crippen molar-refractivity contribution in [2.24, 2.45) is 0 Å². The van der Waals surface area contributed by atoms with E-state index in [1.165, 1.54) is 0 Å². The molecular formula is C21H21N3O2. The summed E-state index contributed by atoms with van der Waals surface area (Å²) in [5.41, 5.74) is 1.99. The van der Waals surface area contributed by atoms with Gasteiger partial charge in [-0.05, 0) is 30.9 Å². The van der Waals surface area contributed by atoms with Crippen molar-refractivity contribution < 1.29 is 9.32 Å². The maximum Gasteiger partial charge on any atom is 0.249 e. The van der Waals surface area contributed by atoms with Crippen molar-refractivity contribution in [3.05, 3.63) is 83.5 Å². The molecule has 1 unspecified atom stereocenters. The van der Waals surface area contributed by atoms with Gasteiger partial charge in [0.25, 0.3) is 0 Å². The first kappa shape index (κ1) is 16.5. The molecule has 5 nitrogen and oxygen atoms in total. The summed E-state index contributed by atoms with van der Waals surface area (Å²) in [5, 5.41) is 3.89. The van der Waals surface area contributed by atoms with Crippen molar-refractivity contribution in [2.45, 2.75) is 31.7 Å². The van der Waals surface area contributed by atoms with E-state index in [0.717, 1.165) is 24.0 Å². The Bertz CT molecular complexity index is 837. The zero-order valence-electron chi connectivity index (χ0n) is 14.7. The Labute approximate surface area is 152 Å². The van der Waals surface area contributed by atoms with Gasteiger partial charge in [0.15, 0.2) is 5.82 Å². The lowest BCUT2D eigenvalue weighted by atomic mass is 9.90. The maximum atomic E-state index is 13.6. The van der Waals surface area contributed by atoms with Crippen molar-refractivity contribution in [3.63, 3.8) is 0 Å². The summed E-state index contributed by atoms with van der Waals surface area (Å²) >= 11 is 0. The lowest BCUT2D eigenvalue weighted by Gasteiger charge is -2.27. The van der Waals surface area contributed by atoms with Gasteiger partial charge < -0.3 is 9.42 Å². The highest BCUT2D eigenvalue weighted by atomic mass is 16.5. The van der Waals surface area contributed by atoms with Gasteiger partial charge in [-0.3, -0.25) is 4.79 Å². The van der Waals surface area contributed by atoms with E-state index in [9.17, 15) is 4.79 Å². The molecule has 0 N–H and O–H groups in total. The van der Waals surface area contributed by atoms with Gasteiger partial charge in [-0.1, -0.05) is 65.8 Å². The number of nitrogens with zero attached hydrogens (tertiary/aromatic N) is 3. The molecule has 1 amide bonds. The summed E-state index contributed by atoms with van der Waals surface area (Å²) < 4.78 is 5.36. The zero-order chi connectivity index (χ0) is 17.9. The van der Waals surface area contributed by atoms with Crippen LogP contribution in [0.1, 0.15) is 47.6 Å². The number of aromatic nitrogens is 2. The molecule has 1 aliphatic heterocycles. The molecule has 1 fully saturated rings. The van der Waals surface area contributed by atoms with Crippen molar-refractivity contribution in [1.29, 1.82) is 0 Å². The number of benzene rings is 2. The average Bonchev–Trinajstić information content (AvgIpc) is 3.32. The average molecular weight is 347 g/mol. The molecule has 1 aliphatic rings. The van der Waals surface area contributed by atoms with Gasteiger partial charge in [-0.25, -0.2) is 0 Å². The van der Waals surface area contributed by atoms with E-state index in [0.29, 0.717) is 18.3 Å². The third-order valence-electron chi connectivity index (χ3n) is 4.88. The number of rotatable bonds is 4. The Morgan fingerprint density at radius 1 is 1.08 bits per heavy atom. The lowest BCUT2D eigenvalue weighted by Crippen LogP contribution is -2.35. The molecule has 1 saturated heterocycles. The molecule has 0 spiro atoms. The van der Waals surface area contributed by atoms with Gasteiger partial charge in [-0.15, -0.1) is 0 Å². The van der Waals surface area contributed by atoms with E-state index < -0.39 is 0 Å². The Hall–Kier alpha value is -2.95. The molecule has 26 heavy (non-hydrogen) atoms. The Morgan fingerprint density at radius 2 is 1.69 bits per heavy atom. The fourth-order valence-corrected chi connectivity index (χ4v) is 3.67. The summed E-state index contributed by atoms with van der Waals surface area (Å²) in [5.74, 6) is 0.887. The van der Waals surface area contributed by atoms with Gasteiger partial charge in [-0.2, -0.15) is 4.98 Å². The number of carbonyl (C=O) groups is 1. The molecular weight excluding hydrogens is 326 g/mol. The van der Waals surface area contributed by atoms with Crippen LogP contribution >= 0.6 is 0 Å². The van der Waals surface area contributed by atoms with E-state index in [1.807, 2.05) is 65.6 Å². The van der Waals surface area contributed by atoms with Crippen LogP contribution in [-0.4, -0.2) is 27.5 Å². The molecule has 2 heterocycles. The first-order valence-corrected chi connectivity index (χ1v) is 8.94. The van der Waals surface area contributed by atoms with Gasteiger partial charge >= 0.3 is 0 Å². The predicted octanol–water partition coefficient (Wildman–Crippen LogP) is 3.87. The van der Waals surface area contributed by atoms with Crippen LogP contribution in [0.25, 0.3) is 0 Å². The molecule has 0 bridgehead atoms. The highest BCUT2D eigenvalue weighted by Gasteiger charge is 2.37. The highest BCUT2D eigenvalue weighted by molar-refractivity contribution is 5.87. The van der Waals surface area contributed by atoms with Crippen molar-refractivity contribution >= 4 is 5.91 Å². The van der Waals surface area contributed by atoms with Gasteiger partial charge in [0.2, 0.25) is 11.8 Å². The van der Waals surface area contributed by atoms with E-state index in [2.05, 4.69) is 10.1 Å². The third kappa shape index (κ3) is 3.12. The molecule has 1 atom stereocenters. The van der Waals surface area contributed by atoms with Crippen LogP contribution in [0.4, 0.5) is 0 Å². The minimum Gasteiger partial charge on any atom is -0.337 e. The van der Waals surface area contributed by atoms with Crippen LogP contribution in [0.5, 0.6) is 0 Å². The number of likely N-dealkylation sites (tertiary alicyclic amines) is 1. The molecule has 0 radical (unpaired) electrons. The smallest absolute Gasteiger partial charge is 0.249 e. The monoisotopic (exact) mass is 347 g/mol. The van der Waals surface area contributed by atoms with E-state index in [1.54, 1.807) is 6.92 Å². The second-order valence-electron chi connectivity index (χ2n) is 6.62. The van der Waals surface area contributed by atoms with Crippen LogP contribution in [0.2, 0.25) is 0 Å². The van der Waals surface area contributed by atoms with Crippen molar-refractivity contribution in [1.82, 2.24) is 15.0 Å². The van der Waals surface area contributed by atoms with Gasteiger partial charge in [0, 0.05) is 6.54 Å². The molecule has 2 aromatic carbocycles. The minimum absolute atomic E-state index is 0.0840. The van der Waals surface area contributed by atoms with Gasteiger partial charge in [0.1, 0.15) is 6.04 Å².